The van der Waals surface area contributed by atoms with Crippen molar-refractivity contribution in [2.45, 2.75) is 29.5 Å². The summed E-state index contributed by atoms with van der Waals surface area (Å²) in [5.74, 6) is -10.8. The minimum Gasteiger partial charge on any atom is -0.335 e. The van der Waals surface area contributed by atoms with Crippen LogP contribution >= 0.6 is 0 Å². The van der Waals surface area contributed by atoms with Crippen LogP contribution in [0.4, 0.5) is 32.0 Å². The van der Waals surface area contributed by atoms with Crippen molar-refractivity contribution in [1.29, 1.82) is 0 Å². The second-order valence-electron chi connectivity index (χ2n) is 7.96. The van der Waals surface area contributed by atoms with Crippen molar-refractivity contribution in [2.24, 2.45) is 5.73 Å². The maximum Gasteiger partial charge on any atom is 0.458 e. The van der Waals surface area contributed by atoms with Crippen molar-refractivity contribution in [3.63, 3.8) is 0 Å². The van der Waals surface area contributed by atoms with Crippen molar-refractivity contribution in [1.82, 2.24) is 10.1 Å². The minimum absolute atomic E-state index is 0.330. The standard InChI is InChI=1S/C21H16F6N4O5S/c1-35-20(24,21(25,26)27)19-29-17(30-36-19)12-6-15-16(7-13(12)23)37(33,34)9-14(28)18(32)31(15)8-10-2-4-11(22)5-3-10/h2-7,14H,8-9,28H2,1H3/t14-,20?/m0/s1. The van der Waals surface area contributed by atoms with Crippen molar-refractivity contribution < 1.29 is 48.8 Å². The van der Waals surface area contributed by atoms with Crippen LogP contribution in [0, 0.1) is 11.6 Å². The highest BCUT2D eigenvalue weighted by Crippen LogP contribution is 2.43. The van der Waals surface area contributed by atoms with Gasteiger partial charge in [0.2, 0.25) is 11.7 Å². The van der Waals surface area contributed by atoms with Gasteiger partial charge in [-0.25, -0.2) is 17.2 Å². The Labute approximate surface area is 204 Å². The summed E-state index contributed by atoms with van der Waals surface area (Å²) in [6, 6.07) is 4.55. The first-order chi connectivity index (χ1) is 17.2. The molecular weight excluding hydrogens is 534 g/mol. The fraction of sp³-hybridized carbons (Fsp3) is 0.286. The smallest absolute Gasteiger partial charge is 0.335 e. The van der Waals surface area contributed by atoms with E-state index in [1.807, 2.05) is 0 Å². The molecule has 3 aromatic rings. The SMILES string of the molecule is COC(F)(c1nc(-c2cc3c(cc2F)S(=O)(=O)C[C@H](N)C(=O)N3Cc2ccc(F)cc2)no1)C(F)(F)F. The largest absolute Gasteiger partial charge is 0.458 e. The van der Waals surface area contributed by atoms with E-state index in [4.69, 9.17) is 5.73 Å². The molecule has 2 aromatic carbocycles. The van der Waals surface area contributed by atoms with E-state index in [0.717, 1.165) is 23.1 Å². The third-order valence-corrected chi connectivity index (χ3v) is 7.29. The van der Waals surface area contributed by atoms with Gasteiger partial charge in [0.15, 0.2) is 9.84 Å². The summed E-state index contributed by atoms with van der Waals surface area (Å²) < 4.78 is 116. The Kier molecular flexibility index (Phi) is 6.54. The van der Waals surface area contributed by atoms with Crippen molar-refractivity contribution in [2.75, 3.05) is 17.8 Å². The van der Waals surface area contributed by atoms with Gasteiger partial charge in [-0.3, -0.25) is 4.79 Å². The van der Waals surface area contributed by atoms with E-state index >= 15 is 4.39 Å². The summed E-state index contributed by atoms with van der Waals surface area (Å²) in [4.78, 5) is 16.5. The van der Waals surface area contributed by atoms with Crippen molar-refractivity contribution >= 4 is 21.4 Å². The number of alkyl halides is 4. The lowest BCUT2D eigenvalue weighted by Crippen LogP contribution is -2.45. The summed E-state index contributed by atoms with van der Waals surface area (Å²) in [6.45, 7) is -0.330. The van der Waals surface area contributed by atoms with Gasteiger partial charge in [0, 0.05) is 7.11 Å². The number of ether oxygens (including phenoxy) is 1. The summed E-state index contributed by atoms with van der Waals surface area (Å²) in [7, 11) is -3.94. The second-order valence-corrected chi connectivity index (χ2v) is 9.96. The quantitative estimate of drug-likeness (QED) is 0.481. The summed E-state index contributed by atoms with van der Waals surface area (Å²) in [5.41, 5.74) is 5.00. The van der Waals surface area contributed by atoms with E-state index < -0.39 is 79.1 Å². The van der Waals surface area contributed by atoms with Gasteiger partial charge in [0.1, 0.15) is 11.6 Å². The lowest BCUT2D eigenvalue weighted by atomic mass is 10.1. The zero-order chi connectivity index (χ0) is 27.3. The Morgan fingerprint density at radius 3 is 2.41 bits per heavy atom. The number of aromatic nitrogens is 2. The number of benzene rings is 2. The second kappa shape index (κ2) is 9.11. The number of methoxy groups -OCH3 is 1. The third-order valence-electron chi connectivity index (χ3n) is 5.50. The van der Waals surface area contributed by atoms with E-state index in [1.165, 1.54) is 12.1 Å². The molecule has 1 aromatic heterocycles. The summed E-state index contributed by atoms with van der Waals surface area (Å²) in [6.07, 6.45) is -5.64. The van der Waals surface area contributed by atoms with Gasteiger partial charge in [-0.15, -0.1) is 0 Å². The Hall–Kier alpha value is -3.50. The number of hydrogen-bond donors (Lipinski definition) is 1. The van der Waals surface area contributed by atoms with E-state index in [9.17, 15) is 35.2 Å². The number of carbonyl (C=O) groups excluding carboxylic acids is 1. The normalized spacial score (nSPS) is 19.3. The van der Waals surface area contributed by atoms with Crippen molar-refractivity contribution in [3.8, 4) is 11.4 Å². The molecule has 9 nitrogen and oxygen atoms in total. The zero-order valence-electron chi connectivity index (χ0n) is 18.6. The lowest BCUT2D eigenvalue weighted by Gasteiger charge is -2.24. The average Bonchev–Trinajstić information content (AvgIpc) is 3.30. The molecule has 2 atom stereocenters. The first kappa shape index (κ1) is 26.6. The van der Waals surface area contributed by atoms with E-state index in [-0.39, 0.29) is 6.54 Å². The minimum atomic E-state index is -5.64. The van der Waals surface area contributed by atoms with Gasteiger partial charge in [0.05, 0.1) is 34.5 Å². The summed E-state index contributed by atoms with van der Waals surface area (Å²) in [5, 5.41) is 3.17. The maximum absolute atomic E-state index is 15.0. The highest BCUT2D eigenvalue weighted by Gasteiger charge is 2.63. The number of nitrogens with zero attached hydrogens (tertiary/aromatic N) is 3. The van der Waals surface area contributed by atoms with Crippen LogP contribution in [0.2, 0.25) is 0 Å². The van der Waals surface area contributed by atoms with Gasteiger partial charge in [-0.05, 0) is 29.8 Å². The monoisotopic (exact) mass is 550 g/mol. The highest BCUT2D eigenvalue weighted by molar-refractivity contribution is 7.91. The van der Waals surface area contributed by atoms with Crippen LogP contribution in [0.5, 0.6) is 0 Å². The van der Waals surface area contributed by atoms with Crippen LogP contribution in [0.3, 0.4) is 0 Å². The van der Waals surface area contributed by atoms with Crippen LogP contribution in [0.25, 0.3) is 11.4 Å². The number of amides is 1. The fourth-order valence-electron chi connectivity index (χ4n) is 3.61. The molecule has 2 heterocycles. The van der Waals surface area contributed by atoms with Crippen LogP contribution in [0.1, 0.15) is 11.5 Å². The van der Waals surface area contributed by atoms with Crippen LogP contribution < -0.4 is 10.6 Å². The Morgan fingerprint density at radius 1 is 1.16 bits per heavy atom. The number of hydrogen-bond acceptors (Lipinski definition) is 8. The predicted octanol–water partition coefficient (Wildman–Crippen LogP) is 2.99. The molecule has 1 unspecified atom stereocenters. The molecule has 4 rings (SSSR count). The van der Waals surface area contributed by atoms with Crippen molar-refractivity contribution in [3.05, 3.63) is 59.5 Å². The molecule has 2 N–H and O–H groups in total. The maximum atomic E-state index is 15.0. The van der Waals surface area contributed by atoms with E-state index in [0.29, 0.717) is 18.7 Å². The van der Waals surface area contributed by atoms with Gasteiger partial charge >= 0.3 is 17.9 Å². The summed E-state index contributed by atoms with van der Waals surface area (Å²) >= 11 is 0. The van der Waals surface area contributed by atoms with Crippen LogP contribution in [-0.4, -0.2) is 49.5 Å². The van der Waals surface area contributed by atoms with E-state index in [1.54, 1.807) is 0 Å². The Bertz CT molecular complexity index is 1460. The topological polar surface area (TPSA) is 129 Å². The average molecular weight is 550 g/mol. The number of carbonyl (C=O) groups is 1. The molecule has 37 heavy (non-hydrogen) atoms. The van der Waals surface area contributed by atoms with E-state index in [2.05, 4.69) is 19.4 Å². The number of anilines is 1. The predicted molar refractivity (Wildman–Crippen MR) is 113 cm³/mol. The molecule has 198 valence electrons. The molecule has 0 bridgehead atoms. The fourth-order valence-corrected chi connectivity index (χ4v) is 5.18. The molecule has 0 saturated heterocycles. The molecular formula is C21H16F6N4O5S. The zero-order valence-corrected chi connectivity index (χ0v) is 19.4. The number of fused-ring (bicyclic) bond motifs is 1. The van der Waals surface area contributed by atoms with Gasteiger partial charge in [-0.1, -0.05) is 17.3 Å². The molecule has 1 aliphatic rings. The molecule has 0 fully saturated rings. The molecule has 0 aliphatic carbocycles. The number of halogens is 6. The number of rotatable bonds is 5. The molecule has 0 saturated carbocycles. The third kappa shape index (κ3) is 4.67. The lowest BCUT2D eigenvalue weighted by molar-refractivity contribution is -0.342. The first-order valence-electron chi connectivity index (χ1n) is 10.2. The molecule has 0 radical (unpaired) electrons. The Balaban J connectivity index is 1.88. The first-order valence-corrected chi connectivity index (χ1v) is 11.9. The number of nitrogens with two attached hydrogens (primary N) is 1. The Morgan fingerprint density at radius 2 is 1.81 bits per heavy atom. The van der Waals surface area contributed by atoms with Gasteiger partial charge in [-0.2, -0.15) is 22.5 Å². The van der Waals surface area contributed by atoms with Crippen LogP contribution in [0.15, 0.2) is 45.8 Å². The van der Waals surface area contributed by atoms with Crippen LogP contribution in [-0.2, 0) is 31.8 Å². The molecule has 16 heteroatoms. The highest BCUT2D eigenvalue weighted by atomic mass is 32.2. The van der Waals surface area contributed by atoms with Gasteiger partial charge < -0.3 is 19.9 Å². The molecule has 0 spiro atoms. The molecule has 1 amide bonds. The van der Waals surface area contributed by atoms with Gasteiger partial charge in [0.25, 0.3) is 0 Å². The number of sulfone groups is 1. The molecule has 1 aliphatic heterocycles.